The summed E-state index contributed by atoms with van der Waals surface area (Å²) in [5.74, 6) is -0.128. The van der Waals surface area contributed by atoms with Gasteiger partial charge in [0.05, 0.1) is 11.6 Å². The van der Waals surface area contributed by atoms with Gasteiger partial charge in [-0.25, -0.2) is 4.39 Å². The second-order valence-corrected chi connectivity index (χ2v) is 7.15. The van der Waals surface area contributed by atoms with Gasteiger partial charge in [0.25, 0.3) is 5.91 Å². The van der Waals surface area contributed by atoms with Crippen LogP contribution < -0.4 is 5.32 Å². The van der Waals surface area contributed by atoms with Gasteiger partial charge in [0.2, 0.25) is 0 Å². The minimum atomic E-state index is -0.289. The van der Waals surface area contributed by atoms with E-state index in [9.17, 15) is 9.18 Å². The number of carbonyl (C=O) groups is 1. The number of amides is 1. The summed E-state index contributed by atoms with van der Waals surface area (Å²) in [7, 11) is 0. The summed E-state index contributed by atoms with van der Waals surface area (Å²) in [6.45, 7) is 0.486. The maximum Gasteiger partial charge on any atom is 0.268 e. The molecule has 130 valence electrons. The first-order valence-electron chi connectivity index (χ1n) is 7.86. The third-order valence-corrected chi connectivity index (χ3v) is 5.56. The van der Waals surface area contributed by atoms with Crippen molar-refractivity contribution in [3.05, 3.63) is 82.1 Å². The zero-order valence-electron chi connectivity index (χ0n) is 13.4. The van der Waals surface area contributed by atoms with Crippen LogP contribution in [-0.2, 0) is 6.54 Å². The highest BCUT2D eigenvalue weighted by Gasteiger charge is 2.17. The van der Waals surface area contributed by atoms with Crippen molar-refractivity contribution in [2.45, 2.75) is 6.54 Å². The topological polar surface area (TPSA) is 46.9 Å². The zero-order chi connectivity index (χ0) is 18.1. The van der Waals surface area contributed by atoms with Crippen LogP contribution in [0.25, 0.3) is 10.1 Å². The van der Waals surface area contributed by atoms with E-state index in [0.717, 1.165) is 15.6 Å². The van der Waals surface area contributed by atoms with Crippen LogP contribution >= 0.6 is 22.9 Å². The van der Waals surface area contributed by atoms with Gasteiger partial charge in [0.1, 0.15) is 10.7 Å². The SMILES string of the molecule is O=C(Nc1ccn(Cc2ccc(F)cc2)n1)c1sc2ccccc2c1Cl. The highest BCUT2D eigenvalue weighted by molar-refractivity contribution is 7.21. The molecule has 0 unspecified atom stereocenters. The molecule has 4 rings (SSSR count). The highest BCUT2D eigenvalue weighted by atomic mass is 35.5. The minimum Gasteiger partial charge on any atom is -0.304 e. The summed E-state index contributed by atoms with van der Waals surface area (Å²) in [4.78, 5) is 13.0. The minimum absolute atomic E-state index is 0.276. The van der Waals surface area contributed by atoms with Gasteiger partial charge in [0, 0.05) is 22.3 Å². The van der Waals surface area contributed by atoms with Crippen LogP contribution in [0.4, 0.5) is 10.2 Å². The Morgan fingerprint density at radius 2 is 1.92 bits per heavy atom. The standard InChI is InChI=1S/C19H13ClFN3OS/c20-17-14-3-1-2-4-15(14)26-18(17)19(25)22-16-9-10-24(23-16)11-12-5-7-13(21)8-6-12/h1-10H,11H2,(H,22,23,25). The van der Waals surface area contributed by atoms with Crippen LogP contribution in [-0.4, -0.2) is 15.7 Å². The van der Waals surface area contributed by atoms with Gasteiger partial charge in [-0.2, -0.15) is 5.10 Å². The van der Waals surface area contributed by atoms with Crippen molar-refractivity contribution in [1.29, 1.82) is 0 Å². The fourth-order valence-corrected chi connectivity index (χ4v) is 4.04. The van der Waals surface area contributed by atoms with E-state index in [1.807, 2.05) is 24.3 Å². The number of benzene rings is 2. The van der Waals surface area contributed by atoms with Crippen LogP contribution in [0.2, 0.25) is 5.02 Å². The molecule has 0 atom stereocenters. The van der Waals surface area contributed by atoms with Crippen molar-refractivity contribution in [2.24, 2.45) is 0 Å². The van der Waals surface area contributed by atoms with Crippen LogP contribution in [0, 0.1) is 5.82 Å². The number of halogens is 2. The molecule has 2 heterocycles. The maximum absolute atomic E-state index is 13.0. The number of hydrogen-bond donors (Lipinski definition) is 1. The molecule has 0 saturated carbocycles. The third-order valence-electron chi connectivity index (χ3n) is 3.88. The number of rotatable bonds is 4. The molecule has 0 aliphatic rings. The van der Waals surface area contributed by atoms with E-state index in [2.05, 4.69) is 10.4 Å². The van der Waals surface area contributed by atoms with Crippen molar-refractivity contribution in [1.82, 2.24) is 9.78 Å². The third kappa shape index (κ3) is 3.34. The van der Waals surface area contributed by atoms with E-state index in [-0.39, 0.29) is 11.7 Å². The maximum atomic E-state index is 13.0. The van der Waals surface area contributed by atoms with E-state index in [1.165, 1.54) is 23.5 Å². The Morgan fingerprint density at radius 1 is 1.15 bits per heavy atom. The molecule has 26 heavy (non-hydrogen) atoms. The zero-order valence-corrected chi connectivity index (χ0v) is 15.0. The quantitative estimate of drug-likeness (QED) is 0.525. The lowest BCUT2D eigenvalue weighted by Crippen LogP contribution is -2.11. The summed E-state index contributed by atoms with van der Waals surface area (Å²) in [6, 6.07) is 15.5. The molecule has 2 aromatic carbocycles. The highest BCUT2D eigenvalue weighted by Crippen LogP contribution is 2.35. The number of anilines is 1. The number of carbonyl (C=O) groups excluding carboxylic acids is 1. The van der Waals surface area contributed by atoms with Gasteiger partial charge >= 0.3 is 0 Å². The van der Waals surface area contributed by atoms with E-state index >= 15 is 0 Å². The molecule has 2 aromatic heterocycles. The van der Waals surface area contributed by atoms with E-state index < -0.39 is 0 Å². The predicted molar refractivity (Wildman–Crippen MR) is 103 cm³/mol. The van der Waals surface area contributed by atoms with Gasteiger partial charge in [0.15, 0.2) is 5.82 Å². The molecule has 7 heteroatoms. The van der Waals surface area contributed by atoms with Crippen molar-refractivity contribution in [3.63, 3.8) is 0 Å². The van der Waals surface area contributed by atoms with Crippen LogP contribution in [0.15, 0.2) is 60.8 Å². The fraction of sp³-hybridized carbons (Fsp3) is 0.0526. The van der Waals surface area contributed by atoms with Crippen molar-refractivity contribution >= 4 is 44.7 Å². The fourth-order valence-electron chi connectivity index (χ4n) is 2.63. The lowest BCUT2D eigenvalue weighted by Gasteiger charge is -2.02. The Morgan fingerprint density at radius 3 is 2.69 bits per heavy atom. The van der Waals surface area contributed by atoms with E-state index in [4.69, 9.17) is 11.6 Å². The summed E-state index contributed by atoms with van der Waals surface area (Å²) < 4.78 is 15.6. The number of fused-ring (bicyclic) bond motifs is 1. The first-order valence-corrected chi connectivity index (χ1v) is 9.06. The smallest absolute Gasteiger partial charge is 0.268 e. The van der Waals surface area contributed by atoms with Crippen LogP contribution in [0.3, 0.4) is 0 Å². The second-order valence-electron chi connectivity index (χ2n) is 5.72. The summed E-state index contributed by atoms with van der Waals surface area (Å²) in [5.41, 5.74) is 0.917. The average Bonchev–Trinajstić information content (AvgIpc) is 3.22. The van der Waals surface area contributed by atoms with Gasteiger partial charge < -0.3 is 5.32 Å². The lowest BCUT2D eigenvalue weighted by atomic mass is 10.2. The number of nitrogens with one attached hydrogen (secondary N) is 1. The molecule has 0 aliphatic heterocycles. The van der Waals surface area contributed by atoms with Crippen molar-refractivity contribution < 1.29 is 9.18 Å². The molecule has 0 radical (unpaired) electrons. The van der Waals surface area contributed by atoms with Gasteiger partial charge in [-0.15, -0.1) is 11.3 Å². The Bertz CT molecular complexity index is 1090. The van der Waals surface area contributed by atoms with Crippen molar-refractivity contribution in [2.75, 3.05) is 5.32 Å². The molecule has 0 fully saturated rings. The number of aromatic nitrogens is 2. The monoisotopic (exact) mass is 385 g/mol. The second kappa shape index (κ2) is 6.90. The summed E-state index contributed by atoms with van der Waals surface area (Å²) >= 11 is 7.68. The van der Waals surface area contributed by atoms with Gasteiger partial charge in [-0.3, -0.25) is 9.48 Å². The molecule has 1 amide bonds. The van der Waals surface area contributed by atoms with Crippen LogP contribution in [0.5, 0.6) is 0 Å². The summed E-state index contributed by atoms with van der Waals surface area (Å²) in [6.07, 6.45) is 1.76. The molecule has 0 spiro atoms. The molecule has 4 nitrogen and oxygen atoms in total. The average molecular weight is 386 g/mol. The molecular formula is C19H13ClFN3OS. The van der Waals surface area contributed by atoms with E-state index in [1.54, 1.807) is 29.1 Å². The lowest BCUT2D eigenvalue weighted by molar-refractivity contribution is 0.103. The number of hydrogen-bond acceptors (Lipinski definition) is 3. The number of thiophene rings is 1. The molecule has 0 bridgehead atoms. The molecular weight excluding hydrogens is 373 g/mol. The van der Waals surface area contributed by atoms with Gasteiger partial charge in [-0.05, 0) is 23.8 Å². The largest absolute Gasteiger partial charge is 0.304 e. The first kappa shape index (κ1) is 16.8. The normalized spacial score (nSPS) is 11.0. The molecule has 1 N–H and O–H groups in total. The first-order chi connectivity index (χ1) is 12.6. The Hall–Kier alpha value is -2.70. The predicted octanol–water partition coefficient (Wildman–Crippen LogP) is 5.19. The Labute approximate surface area is 157 Å². The summed E-state index contributed by atoms with van der Waals surface area (Å²) in [5, 5.41) is 8.42. The van der Waals surface area contributed by atoms with Crippen molar-refractivity contribution in [3.8, 4) is 0 Å². The van der Waals surface area contributed by atoms with Crippen LogP contribution in [0.1, 0.15) is 15.2 Å². The molecule has 4 aromatic rings. The number of nitrogens with zero attached hydrogens (tertiary/aromatic N) is 2. The molecule has 0 aliphatic carbocycles. The van der Waals surface area contributed by atoms with E-state index in [0.29, 0.717) is 22.3 Å². The Kier molecular flexibility index (Phi) is 4.44. The van der Waals surface area contributed by atoms with Gasteiger partial charge in [-0.1, -0.05) is 41.9 Å². The Balaban J connectivity index is 1.50. The molecule has 0 saturated heterocycles.